The highest BCUT2D eigenvalue weighted by molar-refractivity contribution is 6.37. The average Bonchev–Trinajstić information content (AvgIpc) is 3.25. The molecule has 0 saturated carbocycles. The first-order valence-corrected chi connectivity index (χ1v) is 9.15. The van der Waals surface area contributed by atoms with Crippen LogP contribution in [0.15, 0.2) is 47.0 Å². The molecule has 3 rings (SSSR count). The van der Waals surface area contributed by atoms with Crippen molar-refractivity contribution in [3.8, 4) is 5.75 Å². The molecule has 0 aliphatic carbocycles. The number of nitrogens with zero attached hydrogens (tertiary/aromatic N) is 2. The van der Waals surface area contributed by atoms with Gasteiger partial charge in [-0.2, -0.15) is 5.10 Å². The molecule has 5 nitrogen and oxygen atoms in total. The first-order chi connectivity index (χ1) is 13.0. The Morgan fingerprint density at radius 2 is 2.00 bits per heavy atom. The minimum atomic E-state index is -0.121. The maximum Gasteiger partial charge on any atom is 0.189 e. The number of allylic oxidation sites excluding steroid dienone is 1. The van der Waals surface area contributed by atoms with Gasteiger partial charge in [-0.1, -0.05) is 29.3 Å². The van der Waals surface area contributed by atoms with Crippen LogP contribution in [0.5, 0.6) is 5.75 Å². The molecular formula is C20H18Cl2N2O3. The van der Waals surface area contributed by atoms with Crippen LogP contribution < -0.4 is 4.74 Å². The minimum Gasteiger partial charge on any atom is -0.483 e. The fraction of sp³-hybridized carbons (Fsp3) is 0.200. The van der Waals surface area contributed by atoms with Crippen LogP contribution in [0.2, 0.25) is 10.0 Å². The number of ketones is 1. The van der Waals surface area contributed by atoms with Crippen LogP contribution >= 0.6 is 23.2 Å². The number of hydrogen-bond donors (Lipinski definition) is 0. The van der Waals surface area contributed by atoms with Gasteiger partial charge in [-0.05, 0) is 50.3 Å². The molecule has 27 heavy (non-hydrogen) atoms. The molecule has 0 radical (unpaired) electrons. The van der Waals surface area contributed by atoms with E-state index in [0.29, 0.717) is 32.9 Å². The average molecular weight is 405 g/mol. The highest BCUT2D eigenvalue weighted by Gasteiger charge is 2.12. The standard InChI is InChI=1S/C20H18Cl2N2O3/c1-3-24-13(2)16(11-23-24)19(25)10-9-14-7-8-15(27-14)12-26-20-17(21)5-4-6-18(20)22/h4-11H,3,12H2,1-2H3/b10-9+. The highest BCUT2D eigenvalue weighted by atomic mass is 35.5. The molecule has 0 aliphatic heterocycles. The van der Waals surface area contributed by atoms with Crippen LogP contribution in [0.1, 0.15) is 34.5 Å². The molecule has 0 saturated heterocycles. The second-order valence-electron chi connectivity index (χ2n) is 5.80. The van der Waals surface area contributed by atoms with Gasteiger partial charge < -0.3 is 9.15 Å². The molecule has 3 aromatic rings. The first-order valence-electron chi connectivity index (χ1n) is 8.40. The largest absolute Gasteiger partial charge is 0.483 e. The third-order valence-electron chi connectivity index (χ3n) is 4.03. The number of halogens is 2. The number of aromatic nitrogens is 2. The maximum absolute atomic E-state index is 12.3. The van der Waals surface area contributed by atoms with Crippen molar-refractivity contribution in [3.05, 3.63) is 75.4 Å². The summed E-state index contributed by atoms with van der Waals surface area (Å²) in [6.45, 7) is 4.75. The van der Waals surface area contributed by atoms with E-state index in [4.69, 9.17) is 32.4 Å². The predicted octanol–water partition coefficient (Wildman–Crippen LogP) is 5.59. The summed E-state index contributed by atoms with van der Waals surface area (Å²) in [4.78, 5) is 12.3. The molecular weight excluding hydrogens is 387 g/mol. The molecule has 7 heteroatoms. The van der Waals surface area contributed by atoms with E-state index in [9.17, 15) is 4.79 Å². The topological polar surface area (TPSA) is 57.3 Å². The number of furan rings is 1. The van der Waals surface area contributed by atoms with Crippen molar-refractivity contribution in [2.24, 2.45) is 0 Å². The molecule has 0 bridgehead atoms. The van der Waals surface area contributed by atoms with Crippen molar-refractivity contribution in [2.75, 3.05) is 0 Å². The summed E-state index contributed by atoms with van der Waals surface area (Å²) in [6.07, 6.45) is 4.68. The Kier molecular flexibility index (Phi) is 6.04. The monoisotopic (exact) mass is 404 g/mol. The number of carbonyl (C=O) groups is 1. The Morgan fingerprint density at radius 1 is 1.26 bits per heavy atom. The van der Waals surface area contributed by atoms with Crippen LogP contribution in [0, 0.1) is 6.92 Å². The number of para-hydroxylation sites is 1. The third kappa shape index (κ3) is 4.43. The van der Waals surface area contributed by atoms with Gasteiger partial charge in [0.1, 0.15) is 18.1 Å². The minimum absolute atomic E-state index is 0.121. The lowest BCUT2D eigenvalue weighted by Gasteiger charge is -2.07. The van der Waals surface area contributed by atoms with E-state index in [2.05, 4.69) is 5.10 Å². The van der Waals surface area contributed by atoms with Crippen molar-refractivity contribution < 1.29 is 13.9 Å². The Labute approximate surface area is 167 Å². The van der Waals surface area contributed by atoms with Gasteiger partial charge in [0.25, 0.3) is 0 Å². The van der Waals surface area contributed by atoms with Crippen LogP contribution in [-0.4, -0.2) is 15.6 Å². The summed E-state index contributed by atoms with van der Waals surface area (Å²) in [5.41, 5.74) is 1.42. The molecule has 0 N–H and O–H groups in total. The predicted molar refractivity (Wildman–Crippen MR) is 106 cm³/mol. The smallest absolute Gasteiger partial charge is 0.189 e. The van der Waals surface area contributed by atoms with E-state index >= 15 is 0 Å². The van der Waals surface area contributed by atoms with Gasteiger partial charge in [0, 0.05) is 12.2 Å². The van der Waals surface area contributed by atoms with E-state index < -0.39 is 0 Å². The SMILES string of the molecule is CCn1ncc(C(=O)/C=C/c2ccc(COc3c(Cl)cccc3Cl)o2)c1C. The lowest BCUT2D eigenvalue weighted by Crippen LogP contribution is -2.01. The van der Waals surface area contributed by atoms with E-state index in [-0.39, 0.29) is 12.4 Å². The van der Waals surface area contributed by atoms with Gasteiger partial charge >= 0.3 is 0 Å². The van der Waals surface area contributed by atoms with Crippen molar-refractivity contribution in [1.82, 2.24) is 9.78 Å². The quantitative estimate of drug-likeness (QED) is 0.380. The van der Waals surface area contributed by atoms with Crippen molar-refractivity contribution >= 4 is 35.1 Å². The van der Waals surface area contributed by atoms with Crippen LogP contribution in [-0.2, 0) is 13.2 Å². The van der Waals surface area contributed by atoms with Crippen molar-refractivity contribution in [1.29, 1.82) is 0 Å². The second kappa shape index (κ2) is 8.46. The summed E-state index contributed by atoms with van der Waals surface area (Å²) in [5, 5.41) is 5.05. The van der Waals surface area contributed by atoms with Gasteiger partial charge in [-0.25, -0.2) is 0 Å². The second-order valence-corrected chi connectivity index (χ2v) is 6.61. The maximum atomic E-state index is 12.3. The van der Waals surface area contributed by atoms with Crippen LogP contribution in [0.25, 0.3) is 6.08 Å². The Balaban J connectivity index is 1.64. The summed E-state index contributed by atoms with van der Waals surface area (Å²) in [6, 6.07) is 8.69. The summed E-state index contributed by atoms with van der Waals surface area (Å²) in [5.74, 6) is 1.43. The molecule has 0 fully saturated rings. The van der Waals surface area contributed by atoms with Gasteiger partial charge in [-0.15, -0.1) is 0 Å². The number of hydrogen-bond acceptors (Lipinski definition) is 4. The Hall–Kier alpha value is -2.50. The molecule has 2 heterocycles. The summed E-state index contributed by atoms with van der Waals surface area (Å²) in [7, 11) is 0. The Morgan fingerprint density at radius 3 is 2.67 bits per heavy atom. The van der Waals surface area contributed by atoms with E-state index in [0.717, 1.165) is 12.2 Å². The van der Waals surface area contributed by atoms with Crippen molar-refractivity contribution in [2.45, 2.75) is 27.0 Å². The third-order valence-corrected chi connectivity index (χ3v) is 4.62. The van der Waals surface area contributed by atoms with E-state index in [1.54, 1.807) is 47.3 Å². The van der Waals surface area contributed by atoms with Gasteiger partial charge in [-0.3, -0.25) is 9.48 Å². The number of benzene rings is 1. The molecule has 2 aromatic heterocycles. The number of ether oxygens (including phenoxy) is 1. The zero-order chi connectivity index (χ0) is 19.4. The van der Waals surface area contributed by atoms with Crippen molar-refractivity contribution in [3.63, 3.8) is 0 Å². The van der Waals surface area contributed by atoms with Gasteiger partial charge in [0.15, 0.2) is 11.5 Å². The first kappa shape index (κ1) is 19.3. The Bertz CT molecular complexity index is 969. The fourth-order valence-corrected chi connectivity index (χ4v) is 3.09. The fourth-order valence-electron chi connectivity index (χ4n) is 2.58. The zero-order valence-electron chi connectivity index (χ0n) is 14.9. The molecule has 140 valence electrons. The number of rotatable bonds is 7. The number of carbonyl (C=O) groups excluding carboxylic acids is 1. The molecule has 0 unspecified atom stereocenters. The van der Waals surface area contributed by atoms with E-state index in [1.165, 1.54) is 6.08 Å². The molecule has 0 atom stereocenters. The molecule has 0 amide bonds. The number of aryl methyl sites for hydroxylation is 1. The normalized spacial score (nSPS) is 11.3. The molecule has 0 spiro atoms. The lowest BCUT2D eigenvalue weighted by atomic mass is 10.1. The lowest BCUT2D eigenvalue weighted by molar-refractivity contribution is 0.104. The zero-order valence-corrected chi connectivity index (χ0v) is 16.4. The van der Waals surface area contributed by atoms with Crippen LogP contribution in [0.4, 0.5) is 0 Å². The molecule has 0 aliphatic rings. The molecule has 1 aromatic carbocycles. The summed E-state index contributed by atoms with van der Waals surface area (Å²) < 4.78 is 13.1. The van der Waals surface area contributed by atoms with Gasteiger partial charge in [0.2, 0.25) is 0 Å². The van der Waals surface area contributed by atoms with Gasteiger partial charge in [0.05, 0.1) is 21.8 Å². The van der Waals surface area contributed by atoms with E-state index in [1.807, 2.05) is 13.8 Å². The van der Waals surface area contributed by atoms with Crippen LogP contribution in [0.3, 0.4) is 0 Å². The summed E-state index contributed by atoms with van der Waals surface area (Å²) >= 11 is 12.1. The highest BCUT2D eigenvalue weighted by Crippen LogP contribution is 2.33.